The smallest absolute Gasteiger partial charge is 0.0220 e. The molecule has 0 saturated heterocycles. The van der Waals surface area contributed by atoms with Gasteiger partial charge in [-0.25, -0.2) is 0 Å². The fourth-order valence-corrected chi connectivity index (χ4v) is 0. The molecule has 0 aromatic heterocycles. The van der Waals surface area contributed by atoms with E-state index in [-0.39, 0.29) is 0 Å². The first-order valence-electron chi connectivity index (χ1n) is 1.69. The van der Waals surface area contributed by atoms with Crippen LogP contribution in [0.4, 0.5) is 0 Å². The van der Waals surface area contributed by atoms with Crippen LogP contribution in [0.15, 0.2) is 0 Å². The van der Waals surface area contributed by atoms with E-state index in [1.807, 2.05) is 15.5 Å². The predicted molar refractivity (Wildman–Crippen MR) is 36.6 cm³/mol. The maximum atomic E-state index is 5.19. The zero-order valence-corrected chi connectivity index (χ0v) is 6.41. The summed E-state index contributed by atoms with van der Waals surface area (Å²) in [6, 6.07) is 0. The molecule has 0 saturated carbocycles. The molecular formula is C3H9Cl2P. The first kappa shape index (κ1) is 10.1. The van der Waals surface area contributed by atoms with E-state index in [2.05, 4.69) is 11.2 Å². The van der Waals surface area contributed by atoms with E-state index >= 15 is 0 Å². The summed E-state index contributed by atoms with van der Waals surface area (Å²) < 4.78 is 0. The summed E-state index contributed by atoms with van der Waals surface area (Å²) in [4.78, 5) is 0. The van der Waals surface area contributed by atoms with Crippen molar-refractivity contribution in [2.75, 3.05) is 5.88 Å². The normalized spacial score (nSPS) is 6.00. The molecule has 1 unspecified atom stereocenters. The second kappa shape index (κ2) is 16.7. The minimum absolute atomic E-state index is 0.792. The van der Waals surface area contributed by atoms with Gasteiger partial charge in [-0.1, -0.05) is 6.92 Å². The van der Waals surface area contributed by atoms with Crippen molar-refractivity contribution in [3.05, 3.63) is 0 Å². The third-order valence-electron chi connectivity index (χ3n) is 0.189. The molecule has 0 spiro atoms. The van der Waals surface area contributed by atoms with Crippen molar-refractivity contribution in [2.24, 2.45) is 0 Å². The number of hydrogen-bond acceptors (Lipinski definition) is 0. The highest BCUT2D eigenvalue weighted by atomic mass is 35.7. The predicted octanol–water partition coefficient (Wildman–Crippen LogP) is 2.65. The largest absolute Gasteiger partial charge is 0.127 e. The Balaban J connectivity index is 0. The Morgan fingerprint density at radius 2 is 1.67 bits per heavy atom. The molecule has 0 amide bonds. The van der Waals surface area contributed by atoms with E-state index in [9.17, 15) is 0 Å². The van der Waals surface area contributed by atoms with Gasteiger partial charge >= 0.3 is 0 Å². The van der Waals surface area contributed by atoms with Crippen LogP contribution in [0.2, 0.25) is 0 Å². The Labute approximate surface area is 51.2 Å². The quantitative estimate of drug-likeness (QED) is 0.395. The molecule has 3 heteroatoms. The molecule has 0 aliphatic rings. The first-order valence-corrected chi connectivity index (χ1v) is 3.97. The summed E-state index contributed by atoms with van der Waals surface area (Å²) in [5.74, 6) is 0.792. The second-order valence-corrected chi connectivity index (χ2v) is 1.07. The maximum absolute atomic E-state index is 5.19. The minimum Gasteiger partial charge on any atom is -0.127 e. The highest BCUT2D eigenvalue weighted by molar-refractivity contribution is 7.52. The molecule has 0 radical (unpaired) electrons. The van der Waals surface area contributed by atoms with Crippen LogP contribution in [0, 0.1) is 0 Å². The fraction of sp³-hybridized carbons (Fsp3) is 1.00. The lowest BCUT2D eigenvalue weighted by Gasteiger charge is -1.65. The van der Waals surface area contributed by atoms with Gasteiger partial charge in [0.15, 0.2) is 0 Å². The SMILES string of the molecule is CCCCl.PCl. The van der Waals surface area contributed by atoms with Crippen LogP contribution in [-0.4, -0.2) is 5.88 Å². The van der Waals surface area contributed by atoms with Crippen LogP contribution < -0.4 is 0 Å². The van der Waals surface area contributed by atoms with Gasteiger partial charge in [-0.05, 0) is 15.0 Å². The molecule has 0 aromatic rings. The summed E-state index contributed by atoms with van der Waals surface area (Å²) in [5.41, 5.74) is 0. The Morgan fingerprint density at radius 1 is 1.50 bits per heavy atom. The van der Waals surface area contributed by atoms with Gasteiger partial charge in [0.05, 0.1) is 0 Å². The van der Waals surface area contributed by atoms with Crippen molar-refractivity contribution in [3.8, 4) is 0 Å². The lowest BCUT2D eigenvalue weighted by atomic mass is 10.6. The summed E-state index contributed by atoms with van der Waals surface area (Å²) >= 11 is 9.74. The van der Waals surface area contributed by atoms with Gasteiger partial charge in [0.1, 0.15) is 0 Å². The number of alkyl halides is 1. The average Bonchev–Trinajstić information content (AvgIpc) is 1.72. The molecule has 0 bridgehead atoms. The fourth-order valence-electron chi connectivity index (χ4n) is 0. The summed E-state index contributed by atoms with van der Waals surface area (Å²) in [6.45, 7) is 2.05. The molecule has 6 heavy (non-hydrogen) atoms. The van der Waals surface area contributed by atoms with E-state index in [1.165, 1.54) is 0 Å². The molecule has 0 fully saturated rings. The third kappa shape index (κ3) is 19.9. The van der Waals surface area contributed by atoms with E-state index in [1.54, 1.807) is 0 Å². The van der Waals surface area contributed by atoms with Crippen LogP contribution in [-0.2, 0) is 0 Å². The lowest BCUT2D eigenvalue weighted by Crippen LogP contribution is -1.55. The van der Waals surface area contributed by atoms with Crippen molar-refractivity contribution < 1.29 is 0 Å². The number of halogens is 2. The van der Waals surface area contributed by atoms with Crippen LogP contribution >= 0.6 is 31.4 Å². The van der Waals surface area contributed by atoms with Crippen LogP contribution in [0.1, 0.15) is 13.3 Å². The van der Waals surface area contributed by atoms with Gasteiger partial charge in [0, 0.05) is 5.88 Å². The molecule has 0 aliphatic heterocycles. The first-order chi connectivity index (χ1) is 2.91. The van der Waals surface area contributed by atoms with Crippen molar-refractivity contribution in [2.45, 2.75) is 13.3 Å². The Bertz CT molecular complexity index is 10.8. The molecule has 0 heterocycles. The van der Waals surface area contributed by atoms with Crippen molar-refractivity contribution in [1.82, 2.24) is 0 Å². The summed E-state index contributed by atoms with van der Waals surface area (Å²) in [5, 5.41) is 0. The Kier molecular flexibility index (Phi) is 28.0. The molecule has 0 aliphatic carbocycles. The highest BCUT2D eigenvalue weighted by Crippen LogP contribution is 1.78. The molecule has 40 valence electrons. The third-order valence-corrected chi connectivity index (χ3v) is 0.567. The number of hydrogen-bond donors (Lipinski definition) is 0. The zero-order valence-electron chi connectivity index (χ0n) is 3.75. The van der Waals surface area contributed by atoms with Gasteiger partial charge in [-0.3, -0.25) is 0 Å². The molecular weight excluding hydrogens is 138 g/mol. The summed E-state index contributed by atoms with van der Waals surface area (Å²) in [6.07, 6.45) is 1.08. The van der Waals surface area contributed by atoms with Crippen LogP contribution in [0.3, 0.4) is 0 Å². The monoisotopic (exact) mass is 146 g/mol. The van der Waals surface area contributed by atoms with Crippen molar-refractivity contribution in [1.29, 1.82) is 0 Å². The van der Waals surface area contributed by atoms with E-state index in [0.29, 0.717) is 0 Å². The van der Waals surface area contributed by atoms with Crippen LogP contribution in [0.25, 0.3) is 0 Å². The maximum Gasteiger partial charge on any atom is 0.0220 e. The van der Waals surface area contributed by atoms with E-state index in [0.717, 1.165) is 12.3 Å². The Hall–Kier alpha value is 1.01. The second-order valence-electron chi connectivity index (χ2n) is 0.689. The molecule has 0 nitrogen and oxygen atoms in total. The van der Waals surface area contributed by atoms with Crippen molar-refractivity contribution in [3.63, 3.8) is 0 Å². The van der Waals surface area contributed by atoms with Gasteiger partial charge in [-0.2, -0.15) is 0 Å². The number of rotatable bonds is 1. The van der Waals surface area contributed by atoms with Crippen molar-refractivity contribution >= 4 is 31.4 Å². The topological polar surface area (TPSA) is 0 Å². The Morgan fingerprint density at radius 3 is 1.67 bits per heavy atom. The van der Waals surface area contributed by atoms with E-state index in [4.69, 9.17) is 11.6 Å². The van der Waals surface area contributed by atoms with Gasteiger partial charge in [-0.15, -0.1) is 22.8 Å². The molecule has 1 atom stereocenters. The molecule has 0 N–H and O–H groups in total. The van der Waals surface area contributed by atoms with Gasteiger partial charge < -0.3 is 0 Å². The highest BCUT2D eigenvalue weighted by Gasteiger charge is 1.59. The average molecular weight is 147 g/mol. The zero-order chi connectivity index (χ0) is 5.41. The lowest BCUT2D eigenvalue weighted by molar-refractivity contribution is 1.10. The molecule has 0 rings (SSSR count). The standard InChI is InChI=1S/C3H7Cl.ClH2P/c1-2-3-4;1-2/h2-3H2,1H3;2H2. The van der Waals surface area contributed by atoms with Crippen LogP contribution in [0.5, 0.6) is 0 Å². The van der Waals surface area contributed by atoms with Gasteiger partial charge in [0.2, 0.25) is 0 Å². The van der Waals surface area contributed by atoms with Gasteiger partial charge in [0.25, 0.3) is 0 Å². The summed E-state index contributed by atoms with van der Waals surface area (Å²) in [7, 11) is 1.89. The van der Waals surface area contributed by atoms with E-state index < -0.39 is 0 Å². The minimum atomic E-state index is 0.792. The molecule has 0 aromatic carbocycles.